The van der Waals surface area contributed by atoms with Gasteiger partial charge in [0.15, 0.2) is 0 Å². The number of carbonyl (C=O) groups excluding carboxylic acids is 2. The molecule has 2 amide bonds. The standard InChI is InChI=1S/C22H22N2O2/c1-16-7-9-17(10-8-16)15-24(2)21(25)14-23-22(26)20-12-11-18-5-3-4-6-19(18)13-20/h3-13H,14-15H2,1-2H3,(H,23,26). The normalized spacial score (nSPS) is 10.5. The first-order valence-electron chi connectivity index (χ1n) is 8.59. The SMILES string of the molecule is Cc1ccc(CN(C)C(=O)CNC(=O)c2ccc3ccccc3c2)cc1. The van der Waals surface area contributed by atoms with E-state index in [0.29, 0.717) is 12.1 Å². The lowest BCUT2D eigenvalue weighted by molar-refractivity contribution is -0.129. The summed E-state index contributed by atoms with van der Waals surface area (Å²) in [5.41, 5.74) is 2.80. The van der Waals surface area contributed by atoms with Crippen molar-refractivity contribution < 1.29 is 9.59 Å². The van der Waals surface area contributed by atoms with Crippen molar-refractivity contribution in [1.29, 1.82) is 0 Å². The van der Waals surface area contributed by atoms with Crippen molar-refractivity contribution in [3.05, 3.63) is 83.4 Å². The molecule has 26 heavy (non-hydrogen) atoms. The van der Waals surface area contributed by atoms with Crippen LogP contribution in [0.5, 0.6) is 0 Å². The third kappa shape index (κ3) is 4.28. The average Bonchev–Trinajstić information content (AvgIpc) is 2.67. The molecule has 4 nitrogen and oxygen atoms in total. The van der Waals surface area contributed by atoms with Crippen molar-refractivity contribution in [3.63, 3.8) is 0 Å². The molecule has 4 heteroatoms. The first-order valence-corrected chi connectivity index (χ1v) is 8.59. The largest absolute Gasteiger partial charge is 0.343 e. The summed E-state index contributed by atoms with van der Waals surface area (Å²) in [6.07, 6.45) is 0. The van der Waals surface area contributed by atoms with Gasteiger partial charge >= 0.3 is 0 Å². The maximum atomic E-state index is 12.3. The number of carbonyl (C=O) groups is 2. The van der Waals surface area contributed by atoms with Crippen LogP contribution >= 0.6 is 0 Å². The molecule has 0 saturated heterocycles. The molecule has 0 aliphatic rings. The molecular formula is C22H22N2O2. The van der Waals surface area contributed by atoms with E-state index < -0.39 is 0 Å². The number of fused-ring (bicyclic) bond motifs is 1. The monoisotopic (exact) mass is 346 g/mol. The molecule has 0 aromatic heterocycles. The van der Waals surface area contributed by atoms with Crippen molar-refractivity contribution in [2.24, 2.45) is 0 Å². The number of hydrogen-bond donors (Lipinski definition) is 1. The summed E-state index contributed by atoms with van der Waals surface area (Å²) in [5, 5.41) is 4.79. The molecule has 0 bridgehead atoms. The number of hydrogen-bond acceptors (Lipinski definition) is 2. The summed E-state index contributed by atoms with van der Waals surface area (Å²) >= 11 is 0. The molecular weight excluding hydrogens is 324 g/mol. The highest BCUT2D eigenvalue weighted by Gasteiger charge is 2.12. The van der Waals surface area contributed by atoms with Gasteiger partial charge in [0.2, 0.25) is 5.91 Å². The van der Waals surface area contributed by atoms with Crippen molar-refractivity contribution in [2.45, 2.75) is 13.5 Å². The van der Waals surface area contributed by atoms with Crippen LogP contribution in [0.15, 0.2) is 66.7 Å². The number of aryl methyl sites for hydroxylation is 1. The Labute approximate surface area is 153 Å². The minimum Gasteiger partial charge on any atom is -0.343 e. The lowest BCUT2D eigenvalue weighted by Crippen LogP contribution is -2.37. The zero-order chi connectivity index (χ0) is 18.5. The first kappa shape index (κ1) is 17.7. The van der Waals surface area contributed by atoms with Gasteiger partial charge in [-0.3, -0.25) is 9.59 Å². The van der Waals surface area contributed by atoms with Gasteiger partial charge in [-0.25, -0.2) is 0 Å². The summed E-state index contributed by atoms with van der Waals surface area (Å²) in [7, 11) is 1.74. The molecule has 3 rings (SSSR count). The molecule has 0 atom stereocenters. The van der Waals surface area contributed by atoms with Crippen LogP contribution in [0.3, 0.4) is 0 Å². The van der Waals surface area contributed by atoms with Gasteiger partial charge in [-0.1, -0.05) is 60.2 Å². The zero-order valence-corrected chi connectivity index (χ0v) is 15.0. The Kier molecular flexibility index (Phi) is 5.32. The molecule has 0 fully saturated rings. The number of nitrogens with one attached hydrogen (secondary N) is 1. The lowest BCUT2D eigenvalue weighted by Gasteiger charge is -2.18. The van der Waals surface area contributed by atoms with E-state index in [1.807, 2.05) is 67.6 Å². The van der Waals surface area contributed by atoms with Crippen molar-refractivity contribution >= 4 is 22.6 Å². The van der Waals surface area contributed by atoms with Crippen molar-refractivity contribution in [1.82, 2.24) is 10.2 Å². The van der Waals surface area contributed by atoms with E-state index in [1.165, 1.54) is 5.56 Å². The average molecular weight is 346 g/mol. The number of likely N-dealkylation sites (N-methyl/N-ethyl adjacent to an activating group) is 1. The first-order chi connectivity index (χ1) is 12.5. The maximum absolute atomic E-state index is 12.3. The van der Waals surface area contributed by atoms with E-state index in [2.05, 4.69) is 5.32 Å². The molecule has 0 aliphatic heterocycles. The second kappa shape index (κ2) is 7.83. The lowest BCUT2D eigenvalue weighted by atomic mass is 10.1. The van der Waals surface area contributed by atoms with Crippen LogP contribution in [0.2, 0.25) is 0 Å². The van der Waals surface area contributed by atoms with E-state index in [4.69, 9.17) is 0 Å². The highest BCUT2D eigenvalue weighted by Crippen LogP contribution is 2.15. The summed E-state index contributed by atoms with van der Waals surface area (Å²) in [6.45, 7) is 2.53. The van der Waals surface area contributed by atoms with Crippen LogP contribution in [0, 0.1) is 6.92 Å². The second-order valence-corrected chi connectivity index (χ2v) is 6.48. The Bertz CT molecular complexity index is 932. The molecule has 0 aliphatic carbocycles. The zero-order valence-electron chi connectivity index (χ0n) is 15.0. The van der Waals surface area contributed by atoms with Gasteiger partial charge in [0, 0.05) is 19.2 Å². The molecule has 0 heterocycles. The van der Waals surface area contributed by atoms with Crippen LogP contribution in [-0.2, 0) is 11.3 Å². The number of nitrogens with zero attached hydrogens (tertiary/aromatic N) is 1. The van der Waals surface area contributed by atoms with Crippen LogP contribution in [0.25, 0.3) is 10.8 Å². The smallest absolute Gasteiger partial charge is 0.251 e. The second-order valence-electron chi connectivity index (χ2n) is 6.48. The molecule has 3 aromatic rings. The third-order valence-electron chi connectivity index (χ3n) is 4.38. The Morgan fingerprint density at radius 2 is 1.62 bits per heavy atom. The summed E-state index contributed by atoms with van der Waals surface area (Å²) in [6, 6.07) is 21.5. The van der Waals surface area contributed by atoms with Gasteiger partial charge in [0.25, 0.3) is 5.91 Å². The molecule has 0 saturated carbocycles. The Morgan fingerprint density at radius 3 is 2.35 bits per heavy atom. The summed E-state index contributed by atoms with van der Waals surface area (Å²) < 4.78 is 0. The molecule has 0 spiro atoms. The predicted molar refractivity (Wildman–Crippen MR) is 104 cm³/mol. The number of benzene rings is 3. The summed E-state index contributed by atoms with van der Waals surface area (Å²) in [5.74, 6) is -0.368. The molecule has 3 aromatic carbocycles. The maximum Gasteiger partial charge on any atom is 0.251 e. The third-order valence-corrected chi connectivity index (χ3v) is 4.38. The highest BCUT2D eigenvalue weighted by atomic mass is 16.2. The van der Waals surface area contributed by atoms with Gasteiger partial charge < -0.3 is 10.2 Å². The fourth-order valence-electron chi connectivity index (χ4n) is 2.78. The molecule has 1 N–H and O–H groups in total. The van der Waals surface area contributed by atoms with E-state index in [1.54, 1.807) is 18.0 Å². The van der Waals surface area contributed by atoms with E-state index in [0.717, 1.165) is 16.3 Å². The number of amides is 2. The molecule has 0 radical (unpaired) electrons. The predicted octanol–water partition coefficient (Wildman–Crippen LogP) is 3.54. The van der Waals surface area contributed by atoms with Gasteiger partial charge in [0.1, 0.15) is 0 Å². The fraction of sp³-hybridized carbons (Fsp3) is 0.182. The summed E-state index contributed by atoms with van der Waals surface area (Å²) in [4.78, 5) is 26.2. The highest BCUT2D eigenvalue weighted by molar-refractivity contribution is 5.99. The fourth-order valence-corrected chi connectivity index (χ4v) is 2.78. The topological polar surface area (TPSA) is 49.4 Å². The minimum atomic E-state index is -0.243. The Hall–Kier alpha value is -3.14. The van der Waals surface area contributed by atoms with Gasteiger partial charge in [-0.05, 0) is 35.4 Å². The Morgan fingerprint density at radius 1 is 0.923 bits per heavy atom. The van der Waals surface area contributed by atoms with Gasteiger partial charge in [-0.15, -0.1) is 0 Å². The molecule has 0 unspecified atom stereocenters. The van der Waals surface area contributed by atoms with Crippen LogP contribution in [-0.4, -0.2) is 30.3 Å². The van der Waals surface area contributed by atoms with Crippen LogP contribution < -0.4 is 5.32 Å². The van der Waals surface area contributed by atoms with Crippen molar-refractivity contribution in [2.75, 3.05) is 13.6 Å². The quantitative estimate of drug-likeness (QED) is 0.768. The van der Waals surface area contributed by atoms with Crippen molar-refractivity contribution in [3.8, 4) is 0 Å². The van der Waals surface area contributed by atoms with E-state index >= 15 is 0 Å². The van der Waals surface area contributed by atoms with E-state index in [9.17, 15) is 9.59 Å². The van der Waals surface area contributed by atoms with Gasteiger partial charge in [-0.2, -0.15) is 0 Å². The molecule has 132 valence electrons. The van der Waals surface area contributed by atoms with Gasteiger partial charge in [0.05, 0.1) is 6.54 Å². The minimum absolute atomic E-state index is 0.0198. The Balaban J connectivity index is 1.57. The number of rotatable bonds is 5. The van der Waals surface area contributed by atoms with E-state index in [-0.39, 0.29) is 18.4 Å². The van der Waals surface area contributed by atoms with Crippen LogP contribution in [0.4, 0.5) is 0 Å². The van der Waals surface area contributed by atoms with Crippen LogP contribution in [0.1, 0.15) is 21.5 Å².